The van der Waals surface area contributed by atoms with Crippen LogP contribution in [0.2, 0.25) is 0 Å². The lowest BCUT2D eigenvalue weighted by Gasteiger charge is -2.27. The van der Waals surface area contributed by atoms with E-state index in [1.807, 2.05) is 13.8 Å². The number of benzene rings is 1. The van der Waals surface area contributed by atoms with Gasteiger partial charge in [0.25, 0.3) is 0 Å². The van der Waals surface area contributed by atoms with Crippen LogP contribution in [-0.4, -0.2) is 14.5 Å². The highest BCUT2D eigenvalue weighted by molar-refractivity contribution is 7.89. The van der Waals surface area contributed by atoms with Crippen molar-refractivity contribution >= 4 is 15.7 Å². The van der Waals surface area contributed by atoms with Gasteiger partial charge in [-0.05, 0) is 37.3 Å². The summed E-state index contributed by atoms with van der Waals surface area (Å²) in [5.74, 6) is -0.601. The summed E-state index contributed by atoms with van der Waals surface area (Å²) in [5, 5.41) is 0. The molecule has 0 aromatic heterocycles. The van der Waals surface area contributed by atoms with E-state index in [1.165, 1.54) is 13.0 Å². The van der Waals surface area contributed by atoms with Crippen molar-refractivity contribution in [2.75, 3.05) is 5.73 Å². The van der Waals surface area contributed by atoms with E-state index in [0.29, 0.717) is 0 Å². The summed E-state index contributed by atoms with van der Waals surface area (Å²) >= 11 is 0. The average Bonchev–Trinajstić information content (AvgIpc) is 2.64. The van der Waals surface area contributed by atoms with Gasteiger partial charge in [-0.2, -0.15) is 0 Å². The number of anilines is 1. The zero-order valence-corrected chi connectivity index (χ0v) is 12.8. The van der Waals surface area contributed by atoms with Crippen molar-refractivity contribution in [3.63, 3.8) is 0 Å². The van der Waals surface area contributed by atoms with Crippen LogP contribution < -0.4 is 10.5 Å². The van der Waals surface area contributed by atoms with Crippen LogP contribution in [0.1, 0.15) is 38.7 Å². The van der Waals surface area contributed by atoms with E-state index in [-0.39, 0.29) is 27.6 Å². The molecular formula is C14H21FN2O2S. The molecule has 1 aliphatic rings. The van der Waals surface area contributed by atoms with E-state index in [4.69, 9.17) is 5.73 Å². The van der Waals surface area contributed by atoms with Gasteiger partial charge in [-0.3, -0.25) is 0 Å². The maximum Gasteiger partial charge on any atom is 0.241 e. The van der Waals surface area contributed by atoms with E-state index in [1.54, 1.807) is 0 Å². The van der Waals surface area contributed by atoms with Crippen LogP contribution in [0.15, 0.2) is 17.0 Å². The second kappa shape index (κ2) is 5.00. The Bertz CT molecular complexity index is 603. The minimum absolute atomic E-state index is 0.0815. The van der Waals surface area contributed by atoms with E-state index in [2.05, 4.69) is 4.72 Å². The van der Waals surface area contributed by atoms with Crippen LogP contribution in [-0.2, 0) is 10.0 Å². The van der Waals surface area contributed by atoms with Gasteiger partial charge in [0.1, 0.15) is 5.82 Å². The number of hydrogen-bond donors (Lipinski definition) is 2. The number of hydrogen-bond acceptors (Lipinski definition) is 3. The predicted octanol–water partition coefficient (Wildman–Crippen LogP) is 2.57. The zero-order chi connectivity index (χ0) is 15.1. The van der Waals surface area contributed by atoms with Crippen molar-refractivity contribution in [3.05, 3.63) is 23.5 Å². The molecule has 1 aromatic rings. The Kier molecular flexibility index (Phi) is 3.81. The first kappa shape index (κ1) is 15.3. The van der Waals surface area contributed by atoms with Crippen molar-refractivity contribution in [2.24, 2.45) is 5.41 Å². The molecule has 1 fully saturated rings. The SMILES string of the molecule is Cc1c(N)cc(S(=O)(=O)NC2CCCC2(C)C)cc1F. The number of nitrogens with one attached hydrogen (secondary N) is 1. The number of nitrogens with two attached hydrogens (primary N) is 1. The van der Waals surface area contributed by atoms with Gasteiger partial charge >= 0.3 is 0 Å². The fourth-order valence-electron chi connectivity index (χ4n) is 2.63. The second-order valence-corrected chi connectivity index (χ2v) is 7.89. The number of sulfonamides is 1. The van der Waals surface area contributed by atoms with Crippen molar-refractivity contribution in [1.82, 2.24) is 4.72 Å². The normalized spacial score (nSPS) is 22.1. The first-order valence-corrected chi connectivity index (χ1v) is 8.20. The molecule has 1 saturated carbocycles. The molecule has 1 atom stereocenters. The van der Waals surface area contributed by atoms with Gasteiger partial charge in [-0.15, -0.1) is 0 Å². The molecule has 1 aromatic carbocycles. The fourth-order valence-corrected chi connectivity index (χ4v) is 4.12. The minimum atomic E-state index is -3.75. The molecule has 0 aliphatic heterocycles. The maximum atomic E-state index is 13.7. The largest absolute Gasteiger partial charge is 0.398 e. The van der Waals surface area contributed by atoms with Crippen LogP contribution in [0.3, 0.4) is 0 Å². The summed E-state index contributed by atoms with van der Waals surface area (Å²) in [6.07, 6.45) is 2.77. The van der Waals surface area contributed by atoms with Gasteiger partial charge in [-0.25, -0.2) is 17.5 Å². The summed E-state index contributed by atoms with van der Waals surface area (Å²) in [6.45, 7) is 5.60. The van der Waals surface area contributed by atoms with Crippen molar-refractivity contribution in [3.8, 4) is 0 Å². The molecule has 0 spiro atoms. The van der Waals surface area contributed by atoms with Gasteiger partial charge < -0.3 is 5.73 Å². The fraction of sp³-hybridized carbons (Fsp3) is 0.571. The third-order valence-electron chi connectivity index (χ3n) is 4.22. The lowest BCUT2D eigenvalue weighted by Crippen LogP contribution is -2.41. The Morgan fingerprint density at radius 1 is 1.40 bits per heavy atom. The van der Waals surface area contributed by atoms with E-state index in [0.717, 1.165) is 25.3 Å². The Hall–Kier alpha value is -1.14. The van der Waals surface area contributed by atoms with Gasteiger partial charge in [0, 0.05) is 17.3 Å². The van der Waals surface area contributed by atoms with E-state index >= 15 is 0 Å². The molecule has 1 aliphatic carbocycles. The second-order valence-electron chi connectivity index (χ2n) is 6.17. The molecule has 2 rings (SSSR count). The van der Waals surface area contributed by atoms with E-state index in [9.17, 15) is 12.8 Å². The summed E-state index contributed by atoms with van der Waals surface area (Å²) in [6, 6.07) is 2.21. The van der Waals surface area contributed by atoms with Gasteiger partial charge in [-0.1, -0.05) is 20.3 Å². The zero-order valence-electron chi connectivity index (χ0n) is 12.0. The molecular weight excluding hydrogens is 279 g/mol. The van der Waals surface area contributed by atoms with Crippen LogP contribution in [0.4, 0.5) is 10.1 Å². The highest BCUT2D eigenvalue weighted by atomic mass is 32.2. The van der Waals surface area contributed by atoms with Crippen LogP contribution in [0.25, 0.3) is 0 Å². The molecule has 0 radical (unpaired) electrons. The Balaban J connectivity index is 2.32. The van der Waals surface area contributed by atoms with Crippen LogP contribution in [0, 0.1) is 18.2 Å². The molecule has 0 heterocycles. The smallest absolute Gasteiger partial charge is 0.241 e. The topological polar surface area (TPSA) is 72.2 Å². The Morgan fingerprint density at radius 2 is 2.05 bits per heavy atom. The molecule has 4 nitrogen and oxygen atoms in total. The third kappa shape index (κ3) is 2.81. The Labute approximate surface area is 119 Å². The number of rotatable bonds is 3. The summed E-state index contributed by atoms with van der Waals surface area (Å²) in [7, 11) is -3.75. The monoisotopic (exact) mass is 300 g/mol. The quantitative estimate of drug-likeness (QED) is 0.843. The maximum absolute atomic E-state index is 13.7. The molecule has 1 unspecified atom stereocenters. The molecule has 20 heavy (non-hydrogen) atoms. The molecule has 0 bridgehead atoms. The molecule has 0 amide bonds. The first-order chi connectivity index (χ1) is 9.13. The van der Waals surface area contributed by atoms with Gasteiger partial charge in [0.05, 0.1) is 4.90 Å². The number of nitrogen functional groups attached to an aromatic ring is 1. The molecule has 3 N–H and O–H groups in total. The average molecular weight is 300 g/mol. The third-order valence-corrected chi connectivity index (χ3v) is 5.67. The lowest BCUT2D eigenvalue weighted by atomic mass is 9.88. The standard InChI is InChI=1S/C14H21FN2O2S/c1-9-11(15)7-10(8-12(9)16)20(18,19)17-13-5-4-6-14(13,2)3/h7-8,13,17H,4-6,16H2,1-3H3. The Morgan fingerprint density at radius 3 is 2.55 bits per heavy atom. The molecule has 0 saturated heterocycles. The van der Waals surface area contributed by atoms with Gasteiger partial charge in [0.15, 0.2) is 0 Å². The molecule has 6 heteroatoms. The van der Waals surface area contributed by atoms with Crippen molar-refractivity contribution < 1.29 is 12.8 Å². The summed E-state index contributed by atoms with van der Waals surface area (Å²) in [4.78, 5) is -0.110. The highest BCUT2D eigenvalue weighted by Gasteiger charge is 2.37. The summed E-state index contributed by atoms with van der Waals surface area (Å²) < 4.78 is 41.1. The number of halogens is 1. The van der Waals surface area contributed by atoms with E-state index < -0.39 is 15.8 Å². The summed E-state index contributed by atoms with van der Waals surface area (Å²) in [5.41, 5.74) is 5.98. The van der Waals surface area contributed by atoms with Crippen molar-refractivity contribution in [1.29, 1.82) is 0 Å². The molecule has 112 valence electrons. The van der Waals surface area contributed by atoms with Crippen LogP contribution in [0.5, 0.6) is 0 Å². The van der Waals surface area contributed by atoms with Crippen LogP contribution >= 0.6 is 0 Å². The highest BCUT2D eigenvalue weighted by Crippen LogP contribution is 2.38. The lowest BCUT2D eigenvalue weighted by molar-refractivity contribution is 0.313. The van der Waals surface area contributed by atoms with Crippen molar-refractivity contribution in [2.45, 2.75) is 51.0 Å². The first-order valence-electron chi connectivity index (χ1n) is 6.71. The minimum Gasteiger partial charge on any atom is -0.398 e. The van der Waals surface area contributed by atoms with Gasteiger partial charge in [0.2, 0.25) is 10.0 Å². The predicted molar refractivity (Wildman–Crippen MR) is 77.3 cm³/mol.